The highest BCUT2D eigenvalue weighted by atomic mass is 16.4. The Morgan fingerprint density at radius 3 is 2.52 bits per heavy atom. The number of rotatable bonds is 8. The van der Waals surface area contributed by atoms with Gasteiger partial charge in [-0.3, -0.25) is 9.59 Å². The van der Waals surface area contributed by atoms with Crippen molar-refractivity contribution in [2.24, 2.45) is 5.92 Å². The van der Waals surface area contributed by atoms with Gasteiger partial charge in [-0.05, 0) is 31.2 Å². The van der Waals surface area contributed by atoms with Crippen LogP contribution in [0.1, 0.15) is 44.6 Å². The third kappa shape index (κ3) is 4.31. The zero-order valence-corrected chi connectivity index (χ0v) is 12.5. The molecule has 1 fully saturated rings. The second-order valence-corrected chi connectivity index (χ2v) is 6.12. The van der Waals surface area contributed by atoms with Crippen molar-refractivity contribution in [3.63, 3.8) is 0 Å². The number of hydrogen-bond acceptors (Lipinski definition) is 2. The summed E-state index contributed by atoms with van der Waals surface area (Å²) in [6.07, 6.45) is 4.74. The van der Waals surface area contributed by atoms with Crippen LogP contribution >= 0.6 is 0 Å². The van der Waals surface area contributed by atoms with E-state index in [0.717, 1.165) is 18.8 Å². The molecule has 1 aliphatic rings. The molecule has 1 saturated carbocycles. The van der Waals surface area contributed by atoms with Crippen LogP contribution in [-0.2, 0) is 15.0 Å². The summed E-state index contributed by atoms with van der Waals surface area (Å²) in [5.74, 6) is -0.308. The van der Waals surface area contributed by atoms with Crippen LogP contribution in [0.3, 0.4) is 0 Å². The van der Waals surface area contributed by atoms with E-state index in [0.29, 0.717) is 12.1 Å². The minimum absolute atomic E-state index is 0.0320. The fourth-order valence-corrected chi connectivity index (χ4v) is 2.52. The van der Waals surface area contributed by atoms with Crippen LogP contribution in [0.15, 0.2) is 30.3 Å². The Balaban J connectivity index is 1.89. The molecule has 1 atom stereocenters. The van der Waals surface area contributed by atoms with E-state index in [-0.39, 0.29) is 12.3 Å². The number of nitrogens with one attached hydrogen (secondary N) is 1. The van der Waals surface area contributed by atoms with E-state index in [2.05, 4.69) is 5.32 Å². The molecule has 2 rings (SSSR count). The SMILES string of the molecule is CC(CC(=O)NCCCC1CC1)(C(=O)O)c1ccccc1. The van der Waals surface area contributed by atoms with Crippen LogP contribution < -0.4 is 5.32 Å². The quantitative estimate of drug-likeness (QED) is 0.723. The molecule has 0 bridgehead atoms. The zero-order valence-electron chi connectivity index (χ0n) is 12.5. The third-order valence-corrected chi connectivity index (χ3v) is 4.21. The van der Waals surface area contributed by atoms with Crippen molar-refractivity contribution < 1.29 is 14.7 Å². The first-order chi connectivity index (χ1) is 10.0. The standard InChI is InChI=1S/C17H23NO3/c1-17(16(20)21,14-7-3-2-4-8-14)12-15(19)18-11-5-6-13-9-10-13/h2-4,7-8,13H,5-6,9-12H2,1H3,(H,18,19)(H,20,21). The van der Waals surface area contributed by atoms with Gasteiger partial charge in [0.1, 0.15) is 0 Å². The maximum atomic E-state index is 12.0. The highest BCUT2D eigenvalue weighted by molar-refractivity contribution is 5.89. The first kappa shape index (κ1) is 15.5. The fourth-order valence-electron chi connectivity index (χ4n) is 2.52. The Morgan fingerprint density at radius 2 is 1.95 bits per heavy atom. The van der Waals surface area contributed by atoms with Gasteiger partial charge in [0.25, 0.3) is 0 Å². The Bertz CT molecular complexity index is 496. The van der Waals surface area contributed by atoms with Gasteiger partial charge in [0.05, 0.1) is 5.41 Å². The third-order valence-electron chi connectivity index (χ3n) is 4.21. The number of amides is 1. The van der Waals surface area contributed by atoms with Crippen molar-refractivity contribution in [1.82, 2.24) is 5.32 Å². The van der Waals surface area contributed by atoms with E-state index in [1.54, 1.807) is 31.2 Å². The molecule has 2 N–H and O–H groups in total. The number of aliphatic carboxylic acids is 1. The summed E-state index contributed by atoms with van der Waals surface area (Å²) in [6.45, 7) is 2.24. The molecule has 1 aromatic rings. The lowest BCUT2D eigenvalue weighted by molar-refractivity contribution is -0.145. The number of hydrogen-bond donors (Lipinski definition) is 2. The van der Waals surface area contributed by atoms with Crippen LogP contribution in [0, 0.1) is 5.92 Å². The summed E-state index contributed by atoms with van der Waals surface area (Å²) in [6, 6.07) is 8.95. The molecule has 1 aliphatic carbocycles. The van der Waals surface area contributed by atoms with Gasteiger partial charge >= 0.3 is 5.97 Å². The first-order valence-electron chi connectivity index (χ1n) is 7.58. The molecule has 21 heavy (non-hydrogen) atoms. The molecular formula is C17H23NO3. The Morgan fingerprint density at radius 1 is 1.29 bits per heavy atom. The van der Waals surface area contributed by atoms with Crippen LogP contribution in [0.2, 0.25) is 0 Å². The molecule has 0 aliphatic heterocycles. The number of carbonyl (C=O) groups excluding carboxylic acids is 1. The summed E-state index contributed by atoms with van der Waals surface area (Å²) in [5, 5.41) is 12.4. The zero-order chi connectivity index (χ0) is 15.3. The van der Waals surface area contributed by atoms with Crippen molar-refractivity contribution in [1.29, 1.82) is 0 Å². The minimum Gasteiger partial charge on any atom is -0.481 e. The molecular weight excluding hydrogens is 266 g/mol. The van der Waals surface area contributed by atoms with Crippen molar-refractivity contribution in [2.75, 3.05) is 6.54 Å². The molecule has 0 aromatic heterocycles. The van der Waals surface area contributed by atoms with Gasteiger partial charge in [-0.15, -0.1) is 0 Å². The summed E-state index contributed by atoms with van der Waals surface area (Å²) in [7, 11) is 0. The van der Waals surface area contributed by atoms with Crippen molar-refractivity contribution in [3.05, 3.63) is 35.9 Å². The molecule has 1 amide bonds. The average molecular weight is 289 g/mol. The molecule has 1 aromatic carbocycles. The van der Waals surface area contributed by atoms with E-state index < -0.39 is 11.4 Å². The molecule has 4 nitrogen and oxygen atoms in total. The number of carboxylic acid groups (broad SMARTS) is 1. The molecule has 0 spiro atoms. The molecule has 4 heteroatoms. The van der Waals surface area contributed by atoms with Crippen LogP contribution in [0.5, 0.6) is 0 Å². The monoisotopic (exact) mass is 289 g/mol. The molecule has 0 heterocycles. The lowest BCUT2D eigenvalue weighted by Gasteiger charge is -2.24. The van der Waals surface area contributed by atoms with Gasteiger partial charge in [-0.2, -0.15) is 0 Å². The van der Waals surface area contributed by atoms with Gasteiger partial charge in [0, 0.05) is 13.0 Å². The Labute approximate surface area is 125 Å². The summed E-state index contributed by atoms with van der Waals surface area (Å²) < 4.78 is 0. The normalized spacial score (nSPS) is 17.0. The summed E-state index contributed by atoms with van der Waals surface area (Å²) >= 11 is 0. The second-order valence-electron chi connectivity index (χ2n) is 6.12. The van der Waals surface area contributed by atoms with Gasteiger partial charge in [0.15, 0.2) is 0 Å². The van der Waals surface area contributed by atoms with Crippen molar-refractivity contribution >= 4 is 11.9 Å². The van der Waals surface area contributed by atoms with Crippen LogP contribution in [0.4, 0.5) is 0 Å². The maximum absolute atomic E-state index is 12.0. The Hall–Kier alpha value is -1.84. The molecule has 0 saturated heterocycles. The van der Waals surface area contributed by atoms with Crippen LogP contribution in [0.25, 0.3) is 0 Å². The lowest BCUT2D eigenvalue weighted by Crippen LogP contribution is -2.39. The van der Waals surface area contributed by atoms with Gasteiger partial charge in [-0.25, -0.2) is 0 Å². The minimum atomic E-state index is -1.18. The van der Waals surface area contributed by atoms with E-state index in [1.165, 1.54) is 12.8 Å². The van der Waals surface area contributed by atoms with Crippen molar-refractivity contribution in [3.8, 4) is 0 Å². The van der Waals surface area contributed by atoms with E-state index in [9.17, 15) is 14.7 Å². The number of carbonyl (C=O) groups is 2. The van der Waals surface area contributed by atoms with Gasteiger partial charge in [0.2, 0.25) is 5.91 Å². The summed E-state index contributed by atoms with van der Waals surface area (Å²) in [4.78, 5) is 23.6. The average Bonchev–Trinajstić information content (AvgIpc) is 3.28. The van der Waals surface area contributed by atoms with E-state index in [1.807, 2.05) is 6.07 Å². The van der Waals surface area contributed by atoms with Crippen LogP contribution in [-0.4, -0.2) is 23.5 Å². The maximum Gasteiger partial charge on any atom is 0.314 e. The van der Waals surface area contributed by atoms with E-state index in [4.69, 9.17) is 0 Å². The smallest absolute Gasteiger partial charge is 0.314 e. The van der Waals surface area contributed by atoms with Crippen molar-refractivity contribution in [2.45, 2.75) is 44.4 Å². The molecule has 114 valence electrons. The Kier molecular flexibility index (Phi) is 4.99. The van der Waals surface area contributed by atoms with Gasteiger partial charge in [-0.1, -0.05) is 43.2 Å². The fraction of sp³-hybridized carbons (Fsp3) is 0.529. The molecule has 0 radical (unpaired) electrons. The molecule has 1 unspecified atom stereocenters. The number of carboxylic acids is 1. The highest BCUT2D eigenvalue weighted by Gasteiger charge is 2.37. The highest BCUT2D eigenvalue weighted by Crippen LogP contribution is 2.33. The second kappa shape index (κ2) is 6.74. The van der Waals surface area contributed by atoms with E-state index >= 15 is 0 Å². The first-order valence-corrected chi connectivity index (χ1v) is 7.58. The van der Waals surface area contributed by atoms with Gasteiger partial charge < -0.3 is 10.4 Å². The lowest BCUT2D eigenvalue weighted by atomic mass is 9.79. The predicted molar refractivity (Wildman–Crippen MR) is 81.0 cm³/mol. The largest absolute Gasteiger partial charge is 0.481 e. The summed E-state index contributed by atoms with van der Waals surface area (Å²) in [5.41, 5.74) is -0.521. The number of benzene rings is 1. The topological polar surface area (TPSA) is 66.4 Å². The predicted octanol–water partition coefficient (Wildman–Crippen LogP) is 2.73.